The van der Waals surface area contributed by atoms with Crippen LogP contribution in [-0.4, -0.2) is 23.1 Å². The molecule has 28 heavy (non-hydrogen) atoms. The highest BCUT2D eigenvalue weighted by molar-refractivity contribution is 6.02. The smallest absolute Gasteiger partial charge is 0.370 e. The van der Waals surface area contributed by atoms with Gasteiger partial charge in [-0.3, -0.25) is 14.8 Å². The number of pyridine rings is 1. The van der Waals surface area contributed by atoms with Gasteiger partial charge in [-0.2, -0.15) is 13.2 Å². The number of hydrogen-bond acceptors (Lipinski definition) is 4. The average Bonchev–Trinajstić information content (AvgIpc) is 3.04. The minimum Gasteiger partial charge on any atom is -0.370 e. The van der Waals surface area contributed by atoms with Crippen molar-refractivity contribution in [3.05, 3.63) is 64.5 Å². The molecule has 0 radical (unpaired) electrons. The summed E-state index contributed by atoms with van der Waals surface area (Å²) in [6.07, 6.45) is -3.37. The number of nitrogens with zero attached hydrogens (tertiary/aromatic N) is 2. The van der Waals surface area contributed by atoms with Crippen LogP contribution in [0.25, 0.3) is 0 Å². The molecule has 0 fully saturated rings. The Morgan fingerprint density at radius 3 is 2.61 bits per heavy atom. The van der Waals surface area contributed by atoms with Crippen molar-refractivity contribution in [2.75, 3.05) is 6.54 Å². The van der Waals surface area contributed by atoms with Gasteiger partial charge in [-0.15, -0.1) is 0 Å². The fourth-order valence-corrected chi connectivity index (χ4v) is 3.49. The highest BCUT2D eigenvalue weighted by Crippen LogP contribution is 2.38. The van der Waals surface area contributed by atoms with Gasteiger partial charge in [-0.05, 0) is 18.4 Å². The maximum Gasteiger partial charge on any atom is 0.418 e. The van der Waals surface area contributed by atoms with E-state index in [-0.39, 0.29) is 42.3 Å². The van der Waals surface area contributed by atoms with E-state index < -0.39 is 11.7 Å². The number of rotatable bonds is 6. The van der Waals surface area contributed by atoms with Gasteiger partial charge in [0.1, 0.15) is 11.6 Å². The van der Waals surface area contributed by atoms with Crippen LogP contribution in [0.5, 0.6) is 0 Å². The number of hydrogen-bond donors (Lipinski definition) is 1. The molecule has 1 aromatic carbocycles. The predicted octanol–water partition coefficient (Wildman–Crippen LogP) is 4.28. The molecular formula is C21H22F3N3O. The number of amidine groups is 1. The first kappa shape index (κ1) is 20.0. The molecule has 0 bridgehead atoms. The Balaban J connectivity index is 1.83. The molecule has 0 amide bonds. The summed E-state index contributed by atoms with van der Waals surface area (Å²) < 4.78 is 41.3. The minimum atomic E-state index is -4.59. The lowest BCUT2D eigenvalue weighted by atomic mass is 9.92. The lowest BCUT2D eigenvalue weighted by Gasteiger charge is -2.17. The number of carbonyl (C=O) groups is 1. The first-order valence-electron chi connectivity index (χ1n) is 9.24. The quantitative estimate of drug-likeness (QED) is 0.803. The summed E-state index contributed by atoms with van der Waals surface area (Å²) in [5, 5.41) is 2.96. The number of aromatic nitrogens is 1. The summed E-state index contributed by atoms with van der Waals surface area (Å²) in [5.74, 6) is 0.0901. The van der Waals surface area contributed by atoms with Crippen LogP contribution >= 0.6 is 0 Å². The van der Waals surface area contributed by atoms with E-state index in [0.717, 1.165) is 5.56 Å². The van der Waals surface area contributed by atoms with Crippen LogP contribution in [0, 0.1) is 0 Å². The Morgan fingerprint density at radius 1 is 1.25 bits per heavy atom. The highest BCUT2D eigenvalue weighted by Gasteiger charge is 2.40. The summed E-state index contributed by atoms with van der Waals surface area (Å²) >= 11 is 0. The van der Waals surface area contributed by atoms with E-state index in [0.29, 0.717) is 17.9 Å². The first-order valence-corrected chi connectivity index (χ1v) is 9.24. The number of Topliss-reactive ketones (excluding diaryl/α,β-unsaturated/α-hetero) is 1. The van der Waals surface area contributed by atoms with E-state index in [9.17, 15) is 18.0 Å². The van der Waals surface area contributed by atoms with Crippen molar-refractivity contribution in [3.8, 4) is 0 Å². The van der Waals surface area contributed by atoms with Gasteiger partial charge < -0.3 is 5.32 Å². The van der Waals surface area contributed by atoms with E-state index in [1.54, 1.807) is 0 Å². The first-order chi connectivity index (χ1) is 13.3. The molecular weight excluding hydrogens is 367 g/mol. The van der Waals surface area contributed by atoms with E-state index in [2.05, 4.69) is 15.3 Å². The molecule has 0 saturated carbocycles. The molecule has 0 aliphatic carbocycles. The van der Waals surface area contributed by atoms with Crippen molar-refractivity contribution in [1.82, 2.24) is 10.3 Å². The number of nitrogens with one attached hydrogen (secondary N) is 1. The number of ketones is 1. The van der Waals surface area contributed by atoms with Crippen LogP contribution in [-0.2, 0) is 23.9 Å². The maximum absolute atomic E-state index is 13.8. The minimum absolute atomic E-state index is 0.0589. The fourth-order valence-electron chi connectivity index (χ4n) is 3.49. The van der Waals surface area contributed by atoms with Gasteiger partial charge >= 0.3 is 6.18 Å². The number of benzene rings is 1. The van der Waals surface area contributed by atoms with Crippen molar-refractivity contribution in [2.24, 2.45) is 4.99 Å². The van der Waals surface area contributed by atoms with E-state index in [1.165, 1.54) is 6.20 Å². The second-order valence-corrected chi connectivity index (χ2v) is 6.90. The third-order valence-corrected chi connectivity index (χ3v) is 4.81. The number of fused-ring (bicyclic) bond motifs is 1. The molecule has 1 N–H and O–H groups in total. The van der Waals surface area contributed by atoms with Crippen LogP contribution < -0.4 is 5.32 Å². The number of carbonyl (C=O) groups excluding carboxylic acids is 1. The largest absolute Gasteiger partial charge is 0.418 e. The van der Waals surface area contributed by atoms with Gasteiger partial charge in [0.15, 0.2) is 0 Å². The molecule has 4 nitrogen and oxygen atoms in total. The maximum atomic E-state index is 13.8. The zero-order valence-corrected chi connectivity index (χ0v) is 15.8. The van der Waals surface area contributed by atoms with Crippen molar-refractivity contribution in [1.29, 1.82) is 0 Å². The van der Waals surface area contributed by atoms with Gasteiger partial charge in [-0.25, -0.2) is 0 Å². The molecule has 1 aromatic heterocycles. The topological polar surface area (TPSA) is 54.4 Å². The number of halogens is 3. The van der Waals surface area contributed by atoms with E-state index in [4.69, 9.17) is 0 Å². The molecule has 1 atom stereocenters. The third-order valence-electron chi connectivity index (χ3n) is 4.81. The van der Waals surface area contributed by atoms with Crippen LogP contribution in [0.1, 0.15) is 54.1 Å². The Labute approximate surface area is 161 Å². The summed E-state index contributed by atoms with van der Waals surface area (Å²) in [7, 11) is 0. The Hall–Kier alpha value is -2.70. The van der Waals surface area contributed by atoms with Crippen molar-refractivity contribution >= 4 is 11.6 Å². The Morgan fingerprint density at radius 2 is 1.96 bits per heavy atom. The highest BCUT2D eigenvalue weighted by atomic mass is 19.4. The molecule has 7 heteroatoms. The predicted molar refractivity (Wildman–Crippen MR) is 101 cm³/mol. The van der Waals surface area contributed by atoms with Crippen molar-refractivity contribution in [2.45, 2.75) is 45.3 Å². The Bertz CT molecular complexity index is 892. The van der Waals surface area contributed by atoms with Gasteiger partial charge in [0, 0.05) is 36.7 Å². The molecule has 1 aliphatic heterocycles. The van der Waals surface area contributed by atoms with Crippen LogP contribution in [0.3, 0.4) is 0 Å². The van der Waals surface area contributed by atoms with Gasteiger partial charge in [0.25, 0.3) is 0 Å². The van der Waals surface area contributed by atoms with Crippen LogP contribution in [0.4, 0.5) is 13.2 Å². The molecule has 148 valence electrons. The molecule has 0 unspecified atom stereocenters. The molecule has 3 rings (SSSR count). The fraction of sp³-hybridized carbons (Fsp3) is 0.381. The standard InChI is InChI=1S/C21H22F3N3O/c1-3-25-20-17-12-26-18(19(21(22,23)24)16(17)11-27-20)10-15(28)9-13(2)14-7-5-4-6-8-14/h4-8,12-13H,3,9-11H2,1-2H3,(H,25,27)/t13-/m0/s1. The average molecular weight is 389 g/mol. The lowest BCUT2D eigenvalue weighted by Crippen LogP contribution is -2.24. The lowest BCUT2D eigenvalue weighted by molar-refractivity contribution is -0.139. The zero-order chi connectivity index (χ0) is 20.3. The van der Waals surface area contributed by atoms with Gasteiger partial charge in [0.2, 0.25) is 0 Å². The molecule has 1 aliphatic rings. The second-order valence-electron chi connectivity index (χ2n) is 6.90. The summed E-state index contributed by atoms with van der Waals surface area (Å²) in [6.45, 7) is 4.23. The summed E-state index contributed by atoms with van der Waals surface area (Å²) in [6, 6.07) is 9.45. The van der Waals surface area contributed by atoms with Crippen LogP contribution in [0.2, 0.25) is 0 Å². The molecule has 2 heterocycles. The van der Waals surface area contributed by atoms with Gasteiger partial charge in [0.05, 0.1) is 17.8 Å². The summed E-state index contributed by atoms with van der Waals surface area (Å²) in [5.41, 5.74) is 0.407. The molecule has 0 saturated heterocycles. The number of alkyl halides is 3. The summed E-state index contributed by atoms with van der Waals surface area (Å²) in [4.78, 5) is 20.7. The van der Waals surface area contributed by atoms with E-state index >= 15 is 0 Å². The van der Waals surface area contributed by atoms with Gasteiger partial charge in [-0.1, -0.05) is 37.3 Å². The van der Waals surface area contributed by atoms with Crippen molar-refractivity contribution < 1.29 is 18.0 Å². The molecule has 0 spiro atoms. The normalized spacial score (nSPS) is 14.4. The Kier molecular flexibility index (Phi) is 5.82. The second kappa shape index (κ2) is 8.12. The van der Waals surface area contributed by atoms with E-state index in [1.807, 2.05) is 44.2 Å². The monoisotopic (exact) mass is 389 g/mol. The van der Waals surface area contributed by atoms with Crippen LogP contribution in [0.15, 0.2) is 41.5 Å². The zero-order valence-electron chi connectivity index (χ0n) is 15.8. The molecule has 2 aromatic rings. The SMILES string of the molecule is CCNC1=NCc2c1cnc(CC(=O)C[C@H](C)c1ccccc1)c2C(F)(F)F. The number of aliphatic imine (C=N–C) groups is 1. The third kappa shape index (κ3) is 4.24. The van der Waals surface area contributed by atoms with Crippen molar-refractivity contribution in [3.63, 3.8) is 0 Å².